The molecule has 1 amide bonds. The summed E-state index contributed by atoms with van der Waals surface area (Å²) in [7, 11) is 1.51. The predicted octanol–water partition coefficient (Wildman–Crippen LogP) is 2.07. The number of carbonyl (C=O) groups excluding carboxylic acids is 1. The third-order valence-electron chi connectivity index (χ3n) is 4.38. The van der Waals surface area contributed by atoms with E-state index in [0.29, 0.717) is 6.42 Å². The third kappa shape index (κ3) is 2.65. The Labute approximate surface area is 133 Å². The van der Waals surface area contributed by atoms with Gasteiger partial charge in [-0.2, -0.15) is 5.10 Å². The number of amides is 1. The van der Waals surface area contributed by atoms with Crippen LogP contribution in [0, 0.1) is 5.82 Å². The highest BCUT2D eigenvalue weighted by molar-refractivity contribution is 5.92. The van der Waals surface area contributed by atoms with Crippen LogP contribution in [0.25, 0.3) is 0 Å². The molecule has 2 atom stereocenters. The first-order chi connectivity index (χ1) is 10.9. The molecule has 120 valence electrons. The highest BCUT2D eigenvalue weighted by atomic mass is 19.1. The summed E-state index contributed by atoms with van der Waals surface area (Å²) in [6, 6.07) is 7.21. The van der Waals surface area contributed by atoms with Gasteiger partial charge in [-0.25, -0.2) is 9.07 Å². The summed E-state index contributed by atoms with van der Waals surface area (Å²) in [5.74, 6) is -0.488. The number of halogens is 1. The molecular formula is C17H18FN3O2. The highest BCUT2D eigenvalue weighted by Gasteiger charge is 2.34. The Hall–Kier alpha value is -2.50. The molecule has 0 N–H and O–H groups in total. The van der Waals surface area contributed by atoms with Crippen molar-refractivity contribution in [3.63, 3.8) is 0 Å². The van der Waals surface area contributed by atoms with Gasteiger partial charge in [0, 0.05) is 19.2 Å². The summed E-state index contributed by atoms with van der Waals surface area (Å²) in [6.45, 7) is 3.86. The maximum Gasteiger partial charge on any atom is 0.275 e. The van der Waals surface area contributed by atoms with Crippen molar-refractivity contribution in [3.8, 4) is 0 Å². The summed E-state index contributed by atoms with van der Waals surface area (Å²) < 4.78 is 14.6. The zero-order valence-electron chi connectivity index (χ0n) is 13.3. The number of benzene rings is 1. The highest BCUT2D eigenvalue weighted by Crippen LogP contribution is 2.34. The Morgan fingerprint density at radius 1 is 1.26 bits per heavy atom. The number of nitrogens with zero attached hydrogens (tertiary/aromatic N) is 3. The van der Waals surface area contributed by atoms with Gasteiger partial charge >= 0.3 is 0 Å². The summed E-state index contributed by atoms with van der Waals surface area (Å²) in [4.78, 5) is 26.0. The van der Waals surface area contributed by atoms with Crippen molar-refractivity contribution in [2.45, 2.75) is 32.4 Å². The molecule has 2 aromatic rings. The smallest absolute Gasteiger partial charge is 0.275 e. The van der Waals surface area contributed by atoms with Crippen LogP contribution in [0.1, 0.15) is 41.5 Å². The normalized spacial score (nSPS) is 20.3. The molecule has 0 saturated carbocycles. The van der Waals surface area contributed by atoms with Crippen molar-refractivity contribution in [1.29, 1.82) is 0 Å². The average molecular weight is 315 g/mol. The molecule has 2 heterocycles. The van der Waals surface area contributed by atoms with E-state index < -0.39 is 0 Å². The van der Waals surface area contributed by atoms with Gasteiger partial charge in [0.05, 0.1) is 6.04 Å². The predicted molar refractivity (Wildman–Crippen MR) is 83.6 cm³/mol. The van der Waals surface area contributed by atoms with Crippen molar-refractivity contribution in [2.75, 3.05) is 0 Å². The second kappa shape index (κ2) is 5.61. The summed E-state index contributed by atoms with van der Waals surface area (Å²) >= 11 is 0. The Balaban J connectivity index is 1.99. The molecular weight excluding hydrogens is 297 g/mol. The first kappa shape index (κ1) is 15.4. The van der Waals surface area contributed by atoms with Crippen molar-refractivity contribution in [1.82, 2.24) is 14.7 Å². The van der Waals surface area contributed by atoms with Gasteiger partial charge in [0.15, 0.2) is 0 Å². The fourth-order valence-corrected chi connectivity index (χ4v) is 3.23. The van der Waals surface area contributed by atoms with E-state index in [1.54, 1.807) is 11.0 Å². The van der Waals surface area contributed by atoms with Crippen molar-refractivity contribution < 1.29 is 9.18 Å². The van der Waals surface area contributed by atoms with Gasteiger partial charge in [0.1, 0.15) is 11.5 Å². The Morgan fingerprint density at radius 2 is 2.00 bits per heavy atom. The minimum atomic E-state index is -0.262. The molecule has 1 aliphatic heterocycles. The number of aromatic nitrogens is 2. The third-order valence-corrected chi connectivity index (χ3v) is 4.38. The fourth-order valence-electron chi connectivity index (χ4n) is 3.23. The van der Waals surface area contributed by atoms with Gasteiger partial charge in [-0.1, -0.05) is 6.07 Å². The van der Waals surface area contributed by atoms with Crippen molar-refractivity contribution in [2.24, 2.45) is 7.05 Å². The molecule has 0 saturated heterocycles. The first-order valence-corrected chi connectivity index (χ1v) is 7.54. The van der Waals surface area contributed by atoms with Crippen LogP contribution in [0.5, 0.6) is 0 Å². The van der Waals surface area contributed by atoms with Crippen LogP contribution in [-0.4, -0.2) is 26.6 Å². The van der Waals surface area contributed by atoms with Crippen LogP contribution in [0.2, 0.25) is 0 Å². The van der Waals surface area contributed by atoms with Crippen molar-refractivity contribution in [3.05, 3.63) is 63.3 Å². The van der Waals surface area contributed by atoms with Gasteiger partial charge in [-0.3, -0.25) is 9.59 Å². The number of carbonyl (C=O) groups is 1. The largest absolute Gasteiger partial charge is 0.327 e. The first-order valence-electron chi connectivity index (χ1n) is 7.54. The number of hydrogen-bond donors (Lipinski definition) is 0. The van der Waals surface area contributed by atoms with Gasteiger partial charge in [0.2, 0.25) is 0 Å². The van der Waals surface area contributed by atoms with Gasteiger partial charge in [-0.05, 0) is 49.6 Å². The maximum absolute atomic E-state index is 13.4. The summed E-state index contributed by atoms with van der Waals surface area (Å²) in [6.07, 6.45) is 0.592. The second-order valence-electron chi connectivity index (χ2n) is 5.97. The van der Waals surface area contributed by atoms with Crippen LogP contribution in [0.4, 0.5) is 4.39 Å². The molecule has 0 bridgehead atoms. The maximum atomic E-state index is 13.4. The lowest BCUT2D eigenvalue weighted by atomic mass is 9.89. The zero-order valence-corrected chi connectivity index (χ0v) is 13.3. The van der Waals surface area contributed by atoms with E-state index in [2.05, 4.69) is 5.10 Å². The number of hydrogen-bond acceptors (Lipinski definition) is 3. The van der Waals surface area contributed by atoms with Crippen molar-refractivity contribution >= 4 is 5.91 Å². The fraction of sp³-hybridized carbons (Fsp3) is 0.353. The van der Waals surface area contributed by atoms with E-state index in [4.69, 9.17) is 0 Å². The zero-order chi connectivity index (χ0) is 16.7. The SMILES string of the molecule is C[C@H]1Cc2cc(F)ccc2[C@H](C)N1C(=O)c1ccc(=O)n(C)n1. The number of rotatable bonds is 1. The van der Waals surface area contributed by atoms with Gasteiger partial charge < -0.3 is 4.90 Å². The monoisotopic (exact) mass is 315 g/mol. The lowest BCUT2D eigenvalue weighted by Gasteiger charge is -2.40. The van der Waals surface area contributed by atoms with Crippen LogP contribution >= 0.6 is 0 Å². The molecule has 0 unspecified atom stereocenters. The minimum Gasteiger partial charge on any atom is -0.327 e. The average Bonchev–Trinajstić information content (AvgIpc) is 2.49. The minimum absolute atomic E-state index is 0.0779. The van der Waals surface area contributed by atoms with Gasteiger partial charge in [-0.15, -0.1) is 0 Å². The van der Waals surface area contributed by atoms with Crippen LogP contribution in [-0.2, 0) is 13.5 Å². The molecule has 5 nitrogen and oxygen atoms in total. The van der Waals surface area contributed by atoms with E-state index in [1.807, 2.05) is 13.8 Å². The Morgan fingerprint density at radius 3 is 2.70 bits per heavy atom. The van der Waals surface area contributed by atoms with Gasteiger partial charge in [0.25, 0.3) is 11.5 Å². The summed E-state index contributed by atoms with van der Waals surface area (Å²) in [5.41, 5.74) is 1.85. The van der Waals surface area contributed by atoms with E-state index >= 15 is 0 Å². The Kier molecular flexibility index (Phi) is 3.75. The van der Waals surface area contributed by atoms with E-state index in [9.17, 15) is 14.0 Å². The Bertz CT molecular complexity index is 831. The lowest BCUT2D eigenvalue weighted by Crippen LogP contribution is -2.45. The molecule has 3 rings (SSSR count). The van der Waals surface area contributed by atoms with E-state index in [1.165, 1.54) is 31.3 Å². The molecule has 1 aromatic carbocycles. The van der Waals surface area contributed by atoms with E-state index in [0.717, 1.165) is 15.8 Å². The molecule has 0 fully saturated rings. The second-order valence-corrected chi connectivity index (χ2v) is 5.97. The molecule has 6 heteroatoms. The van der Waals surface area contributed by atoms with Crippen LogP contribution in [0.15, 0.2) is 35.1 Å². The molecule has 23 heavy (non-hydrogen) atoms. The summed E-state index contributed by atoms with van der Waals surface area (Å²) in [5, 5.41) is 4.04. The lowest BCUT2D eigenvalue weighted by molar-refractivity contribution is 0.0571. The van der Waals surface area contributed by atoms with Crippen LogP contribution < -0.4 is 5.56 Å². The molecule has 0 aliphatic carbocycles. The quantitative estimate of drug-likeness (QED) is 0.809. The number of fused-ring (bicyclic) bond motifs is 1. The molecule has 1 aromatic heterocycles. The topological polar surface area (TPSA) is 55.2 Å². The molecule has 0 spiro atoms. The number of aryl methyl sites for hydroxylation is 1. The standard InChI is InChI=1S/C17H18FN3O2/c1-10-8-12-9-13(18)4-5-14(12)11(2)21(10)17(23)15-6-7-16(22)20(3)19-15/h4-7,9-11H,8H2,1-3H3/t10-,11-/m0/s1. The molecule has 0 radical (unpaired) electrons. The molecule has 1 aliphatic rings. The van der Waals surface area contributed by atoms with E-state index in [-0.39, 0.29) is 35.1 Å². The van der Waals surface area contributed by atoms with Crippen LogP contribution in [0.3, 0.4) is 0 Å².